The van der Waals surface area contributed by atoms with E-state index < -0.39 is 52.3 Å². The van der Waals surface area contributed by atoms with Gasteiger partial charge in [0.1, 0.15) is 17.7 Å². The minimum atomic E-state index is -4.05. The van der Waals surface area contributed by atoms with Gasteiger partial charge >= 0.3 is 6.09 Å². The molecule has 0 unspecified atom stereocenters. The number of rotatable bonds is 5. The van der Waals surface area contributed by atoms with Crippen LogP contribution in [0.4, 0.5) is 22.4 Å². The third kappa shape index (κ3) is 4.90. The Balaban J connectivity index is 1.96. The number of carbonyl (C=O) groups is 1. The van der Waals surface area contributed by atoms with Gasteiger partial charge in [0.05, 0.1) is 18.8 Å². The Labute approximate surface area is 170 Å². The molecule has 6 nitrogen and oxygen atoms in total. The van der Waals surface area contributed by atoms with Gasteiger partial charge in [0.2, 0.25) is 10.0 Å². The molecule has 0 spiro atoms. The summed E-state index contributed by atoms with van der Waals surface area (Å²) in [5, 5.41) is 9.34. The quantitative estimate of drug-likeness (QED) is 0.692. The molecule has 162 valence electrons. The molecule has 0 radical (unpaired) electrons. The molecule has 0 aliphatic carbocycles. The van der Waals surface area contributed by atoms with Crippen molar-refractivity contribution in [3.8, 4) is 11.1 Å². The first-order valence-electron chi connectivity index (χ1n) is 8.76. The van der Waals surface area contributed by atoms with E-state index in [1.54, 1.807) is 6.07 Å². The van der Waals surface area contributed by atoms with Crippen molar-refractivity contribution in [2.45, 2.75) is 24.4 Å². The van der Waals surface area contributed by atoms with E-state index in [0.29, 0.717) is 28.3 Å². The van der Waals surface area contributed by atoms with Crippen LogP contribution in [0.15, 0.2) is 42.5 Å². The highest BCUT2D eigenvalue weighted by Crippen LogP contribution is 2.35. The zero-order valence-corrected chi connectivity index (χ0v) is 16.5. The maximum atomic E-state index is 14.4. The lowest BCUT2D eigenvalue weighted by Crippen LogP contribution is -2.52. The topological polar surface area (TPSA) is 86.7 Å². The number of sulfonamides is 1. The van der Waals surface area contributed by atoms with Crippen LogP contribution >= 0.6 is 0 Å². The van der Waals surface area contributed by atoms with E-state index >= 15 is 0 Å². The predicted molar refractivity (Wildman–Crippen MR) is 101 cm³/mol. The van der Waals surface area contributed by atoms with Crippen molar-refractivity contribution in [3.63, 3.8) is 0 Å². The lowest BCUT2D eigenvalue weighted by Gasteiger charge is -2.26. The third-order valence-electron chi connectivity index (χ3n) is 4.78. The Hall–Kier alpha value is -2.66. The number of benzene rings is 2. The Morgan fingerprint density at radius 2 is 1.80 bits per heavy atom. The number of likely N-dealkylation sites (tertiary alicyclic amines) is 1. The fraction of sp³-hybridized carbons (Fsp3) is 0.316. The van der Waals surface area contributed by atoms with Crippen LogP contribution in [0.1, 0.15) is 5.56 Å². The highest BCUT2D eigenvalue weighted by atomic mass is 32.2. The van der Waals surface area contributed by atoms with Gasteiger partial charge in [-0.05, 0) is 35.2 Å². The van der Waals surface area contributed by atoms with Gasteiger partial charge in [0.15, 0.2) is 0 Å². The van der Waals surface area contributed by atoms with Crippen molar-refractivity contribution in [2.24, 2.45) is 0 Å². The highest BCUT2D eigenvalue weighted by Gasteiger charge is 2.57. The molecule has 1 amide bonds. The molecule has 11 heteroatoms. The summed E-state index contributed by atoms with van der Waals surface area (Å²) in [5.74, 6) is -5.20. The first-order chi connectivity index (χ1) is 13.9. The second-order valence-electron chi connectivity index (χ2n) is 7.17. The number of nitrogens with one attached hydrogen (secondary N) is 1. The number of nitrogens with zero attached hydrogens (tertiary/aromatic N) is 1. The van der Waals surface area contributed by atoms with Gasteiger partial charge in [0.25, 0.3) is 5.92 Å². The second kappa shape index (κ2) is 7.88. The lowest BCUT2D eigenvalue weighted by atomic mass is 9.96. The summed E-state index contributed by atoms with van der Waals surface area (Å²) < 4.78 is 80.9. The van der Waals surface area contributed by atoms with Gasteiger partial charge in [-0.1, -0.05) is 24.3 Å². The SMILES string of the molecule is CS(=O)(=O)N[C@@H]1[C@H](Cc2cccc(-c3cc(F)cc(F)c3)c2)N(C(=O)O)CC1(F)F. The second-order valence-corrected chi connectivity index (χ2v) is 8.95. The number of carboxylic acid groups (broad SMARTS) is 1. The molecular formula is C19H18F4N2O4S. The number of halogens is 4. The molecule has 1 heterocycles. The molecule has 0 bridgehead atoms. The van der Waals surface area contributed by atoms with Gasteiger partial charge in [-0.3, -0.25) is 4.90 Å². The maximum absolute atomic E-state index is 14.4. The van der Waals surface area contributed by atoms with Crippen molar-refractivity contribution in [2.75, 3.05) is 12.8 Å². The summed E-state index contributed by atoms with van der Waals surface area (Å²) in [6.07, 6.45) is -1.13. The molecule has 1 saturated heterocycles. The Morgan fingerprint density at radius 1 is 1.17 bits per heavy atom. The van der Waals surface area contributed by atoms with Crippen molar-refractivity contribution in [1.82, 2.24) is 9.62 Å². The summed E-state index contributed by atoms with van der Waals surface area (Å²) in [5.41, 5.74) is 1.00. The van der Waals surface area contributed by atoms with Crippen molar-refractivity contribution < 1.29 is 35.9 Å². The largest absolute Gasteiger partial charge is 0.465 e. The van der Waals surface area contributed by atoms with E-state index in [4.69, 9.17) is 0 Å². The summed E-state index contributed by atoms with van der Waals surface area (Å²) in [4.78, 5) is 12.0. The Bertz CT molecular complexity index is 1060. The molecule has 1 aliphatic rings. The van der Waals surface area contributed by atoms with Gasteiger partial charge in [-0.15, -0.1) is 0 Å². The summed E-state index contributed by atoms with van der Waals surface area (Å²) in [6.45, 7) is -1.16. The minimum absolute atomic E-state index is 0.215. The van der Waals surface area contributed by atoms with Crippen LogP contribution in [0, 0.1) is 11.6 Å². The average molecular weight is 446 g/mol. The normalized spacial score (nSPS) is 21.0. The Morgan fingerprint density at radius 3 is 2.37 bits per heavy atom. The molecular weight excluding hydrogens is 428 g/mol. The van der Waals surface area contributed by atoms with Gasteiger partial charge < -0.3 is 5.11 Å². The van der Waals surface area contributed by atoms with Gasteiger partial charge in [-0.2, -0.15) is 0 Å². The van der Waals surface area contributed by atoms with Crippen LogP contribution in [0.2, 0.25) is 0 Å². The summed E-state index contributed by atoms with van der Waals surface area (Å²) in [6, 6.07) is 5.68. The molecule has 1 aliphatic heterocycles. The van der Waals surface area contributed by atoms with E-state index in [1.807, 2.05) is 4.72 Å². The van der Waals surface area contributed by atoms with Crippen LogP contribution in [0.5, 0.6) is 0 Å². The number of hydrogen-bond donors (Lipinski definition) is 2. The predicted octanol–water partition coefficient (Wildman–Crippen LogP) is 3.09. The molecule has 0 saturated carbocycles. The summed E-state index contributed by atoms with van der Waals surface area (Å²) in [7, 11) is -4.05. The van der Waals surface area contributed by atoms with Crippen molar-refractivity contribution in [3.05, 3.63) is 59.7 Å². The fourth-order valence-electron chi connectivity index (χ4n) is 3.58. The van der Waals surface area contributed by atoms with Crippen LogP contribution < -0.4 is 4.72 Å². The van der Waals surface area contributed by atoms with Crippen LogP contribution in [0.25, 0.3) is 11.1 Å². The van der Waals surface area contributed by atoms with Gasteiger partial charge in [-0.25, -0.2) is 35.5 Å². The molecule has 2 aromatic carbocycles. The number of hydrogen-bond acceptors (Lipinski definition) is 3. The van der Waals surface area contributed by atoms with E-state index in [0.717, 1.165) is 12.1 Å². The standard InChI is InChI=1S/C19H18F4N2O4S/c1-30(28,29)24-17-16(25(18(26)27)10-19(17,22)23)6-11-3-2-4-12(5-11)13-7-14(20)9-15(21)8-13/h2-5,7-9,16-17,24H,6,10H2,1H3,(H,26,27)/t16-,17+/m0/s1. The van der Waals surface area contributed by atoms with E-state index in [2.05, 4.69) is 0 Å². The van der Waals surface area contributed by atoms with Crippen molar-refractivity contribution in [1.29, 1.82) is 0 Å². The van der Waals surface area contributed by atoms with E-state index in [-0.39, 0.29) is 12.0 Å². The molecule has 2 aromatic rings. The van der Waals surface area contributed by atoms with Crippen molar-refractivity contribution >= 4 is 16.1 Å². The zero-order chi connectivity index (χ0) is 22.3. The fourth-order valence-corrected chi connectivity index (χ4v) is 4.37. The number of amides is 1. The van der Waals surface area contributed by atoms with Gasteiger partial charge in [0, 0.05) is 6.07 Å². The average Bonchev–Trinajstić information content (AvgIpc) is 2.84. The van der Waals surface area contributed by atoms with Crippen LogP contribution in [0.3, 0.4) is 0 Å². The molecule has 2 atom stereocenters. The smallest absolute Gasteiger partial charge is 0.407 e. The molecule has 3 rings (SSSR count). The van der Waals surface area contributed by atoms with Crippen LogP contribution in [-0.4, -0.2) is 55.3 Å². The first-order valence-corrected chi connectivity index (χ1v) is 10.6. The highest BCUT2D eigenvalue weighted by molar-refractivity contribution is 7.88. The number of alkyl halides is 2. The summed E-state index contributed by atoms with van der Waals surface area (Å²) >= 11 is 0. The zero-order valence-electron chi connectivity index (χ0n) is 15.6. The molecule has 1 fully saturated rings. The third-order valence-corrected chi connectivity index (χ3v) is 5.46. The van der Waals surface area contributed by atoms with E-state index in [9.17, 15) is 35.9 Å². The van der Waals surface area contributed by atoms with Crippen LogP contribution in [-0.2, 0) is 16.4 Å². The molecule has 0 aromatic heterocycles. The van der Waals surface area contributed by atoms with E-state index in [1.165, 1.54) is 18.2 Å². The lowest BCUT2D eigenvalue weighted by molar-refractivity contribution is -0.00558. The molecule has 2 N–H and O–H groups in total. The first kappa shape index (κ1) is 22.0. The Kier molecular flexibility index (Phi) is 5.79. The monoisotopic (exact) mass is 446 g/mol. The molecule has 30 heavy (non-hydrogen) atoms. The minimum Gasteiger partial charge on any atom is -0.465 e. The maximum Gasteiger partial charge on any atom is 0.407 e.